The fraction of sp³-hybridized carbons (Fsp3) is 0.174. The molecule has 0 saturated heterocycles. The number of benzene rings is 2. The fourth-order valence-electron chi connectivity index (χ4n) is 2.81. The summed E-state index contributed by atoms with van der Waals surface area (Å²) >= 11 is 0. The van der Waals surface area contributed by atoms with Gasteiger partial charge in [0.05, 0.1) is 7.11 Å². The molecule has 0 atom stereocenters. The third kappa shape index (κ3) is 5.35. The number of methoxy groups -OCH3 is 1. The van der Waals surface area contributed by atoms with E-state index in [4.69, 9.17) is 9.47 Å². The third-order valence-corrected chi connectivity index (χ3v) is 4.32. The molecule has 1 N–H and O–H groups in total. The van der Waals surface area contributed by atoms with Gasteiger partial charge in [-0.2, -0.15) is 0 Å². The molecule has 1 aromatic heterocycles. The Labute approximate surface area is 175 Å². The molecular weight excluding hydrogens is 382 g/mol. The third-order valence-electron chi connectivity index (χ3n) is 4.32. The molecule has 0 fully saturated rings. The van der Waals surface area contributed by atoms with Gasteiger partial charge >= 0.3 is 0 Å². The number of rotatable bonds is 8. The van der Waals surface area contributed by atoms with Gasteiger partial charge in [0.25, 0.3) is 5.91 Å². The van der Waals surface area contributed by atoms with Gasteiger partial charge in [-0.3, -0.25) is 9.59 Å². The number of hydrogen-bond donors (Lipinski definition) is 1. The quantitative estimate of drug-likeness (QED) is 0.613. The maximum atomic E-state index is 13.1. The van der Waals surface area contributed by atoms with Crippen LogP contribution in [-0.4, -0.2) is 41.9 Å². The van der Waals surface area contributed by atoms with E-state index in [1.807, 2.05) is 25.1 Å². The van der Waals surface area contributed by atoms with Gasteiger partial charge in [0.2, 0.25) is 11.8 Å². The van der Waals surface area contributed by atoms with Crippen molar-refractivity contribution >= 4 is 17.5 Å². The Bertz CT molecular complexity index is 1010. The van der Waals surface area contributed by atoms with E-state index >= 15 is 0 Å². The van der Waals surface area contributed by atoms with Crippen LogP contribution in [0.4, 0.5) is 5.69 Å². The lowest BCUT2D eigenvalue weighted by Crippen LogP contribution is -2.38. The lowest BCUT2D eigenvalue weighted by Gasteiger charge is -2.21. The molecule has 7 heteroatoms. The molecule has 0 bridgehead atoms. The maximum Gasteiger partial charge on any atom is 0.259 e. The lowest BCUT2D eigenvalue weighted by molar-refractivity contribution is -0.116. The number of aromatic nitrogens is 1. The Balaban J connectivity index is 1.72. The summed E-state index contributed by atoms with van der Waals surface area (Å²) in [4.78, 5) is 31.2. The lowest BCUT2D eigenvalue weighted by atomic mass is 10.2. The highest BCUT2D eigenvalue weighted by molar-refractivity contribution is 6.00. The molecule has 0 aliphatic rings. The molecule has 1 heterocycles. The highest BCUT2D eigenvalue weighted by Gasteiger charge is 2.22. The van der Waals surface area contributed by atoms with E-state index in [0.29, 0.717) is 23.7 Å². The number of amides is 2. The van der Waals surface area contributed by atoms with E-state index in [9.17, 15) is 9.59 Å². The van der Waals surface area contributed by atoms with E-state index < -0.39 is 0 Å². The predicted molar refractivity (Wildman–Crippen MR) is 114 cm³/mol. The van der Waals surface area contributed by atoms with E-state index in [1.54, 1.807) is 61.8 Å². The van der Waals surface area contributed by atoms with Gasteiger partial charge in [-0.25, -0.2) is 4.98 Å². The van der Waals surface area contributed by atoms with Gasteiger partial charge in [0.15, 0.2) is 0 Å². The van der Waals surface area contributed by atoms with Gasteiger partial charge < -0.3 is 19.7 Å². The summed E-state index contributed by atoms with van der Waals surface area (Å²) in [5.74, 6) is 0.754. The molecule has 30 heavy (non-hydrogen) atoms. The fourth-order valence-corrected chi connectivity index (χ4v) is 2.81. The molecule has 0 spiro atoms. The average molecular weight is 405 g/mol. The van der Waals surface area contributed by atoms with E-state index in [1.165, 1.54) is 4.90 Å². The molecule has 7 nitrogen and oxygen atoms in total. The number of para-hydroxylation sites is 1. The van der Waals surface area contributed by atoms with Gasteiger partial charge in [0.1, 0.15) is 23.6 Å². The minimum atomic E-state index is -0.336. The van der Waals surface area contributed by atoms with E-state index in [-0.39, 0.29) is 29.8 Å². The SMILES string of the molecule is CCN(CC(=O)Nc1cccc(OC)c1)C(=O)c1cccnc1Oc1ccccc1. The molecule has 3 rings (SSSR count). The molecule has 0 aliphatic carbocycles. The van der Waals surface area contributed by atoms with Crippen molar-refractivity contribution in [1.29, 1.82) is 0 Å². The molecule has 2 aromatic carbocycles. The number of anilines is 1. The van der Waals surface area contributed by atoms with Crippen LogP contribution >= 0.6 is 0 Å². The summed E-state index contributed by atoms with van der Waals surface area (Å²) < 4.78 is 10.9. The number of carbonyl (C=O) groups excluding carboxylic acids is 2. The van der Waals surface area contributed by atoms with Crippen molar-refractivity contribution in [2.75, 3.05) is 25.5 Å². The Morgan fingerprint density at radius 3 is 2.50 bits per heavy atom. The van der Waals surface area contributed by atoms with Crippen molar-refractivity contribution in [1.82, 2.24) is 9.88 Å². The Morgan fingerprint density at radius 2 is 1.77 bits per heavy atom. The molecule has 0 unspecified atom stereocenters. The minimum Gasteiger partial charge on any atom is -0.497 e. The standard InChI is InChI=1S/C23H23N3O4/c1-3-26(16-21(27)25-17-9-7-12-19(15-17)29-2)23(28)20-13-8-14-24-22(20)30-18-10-5-4-6-11-18/h4-15H,3,16H2,1-2H3,(H,25,27). The summed E-state index contributed by atoms with van der Waals surface area (Å²) in [6.45, 7) is 2.06. The number of carbonyl (C=O) groups is 2. The van der Waals surface area contributed by atoms with Crippen molar-refractivity contribution in [2.24, 2.45) is 0 Å². The zero-order chi connectivity index (χ0) is 21.3. The van der Waals surface area contributed by atoms with Crippen LogP contribution < -0.4 is 14.8 Å². The number of pyridine rings is 1. The Hall–Kier alpha value is -3.87. The second-order valence-corrected chi connectivity index (χ2v) is 6.37. The monoisotopic (exact) mass is 405 g/mol. The van der Waals surface area contributed by atoms with Crippen molar-refractivity contribution in [3.8, 4) is 17.4 Å². The first-order chi connectivity index (χ1) is 14.6. The van der Waals surface area contributed by atoms with Crippen LogP contribution in [0.3, 0.4) is 0 Å². The minimum absolute atomic E-state index is 0.105. The van der Waals surface area contributed by atoms with Crippen molar-refractivity contribution in [2.45, 2.75) is 6.92 Å². The summed E-state index contributed by atoms with van der Waals surface area (Å²) in [6.07, 6.45) is 1.56. The van der Waals surface area contributed by atoms with Crippen molar-refractivity contribution in [3.05, 3.63) is 78.5 Å². The first-order valence-corrected chi connectivity index (χ1v) is 9.51. The topological polar surface area (TPSA) is 80.8 Å². The maximum absolute atomic E-state index is 13.1. The summed E-state index contributed by atoms with van der Waals surface area (Å²) in [6, 6.07) is 19.4. The van der Waals surface area contributed by atoms with Crippen LogP contribution in [0.25, 0.3) is 0 Å². The van der Waals surface area contributed by atoms with Crippen molar-refractivity contribution in [3.63, 3.8) is 0 Å². The number of nitrogens with one attached hydrogen (secondary N) is 1. The Morgan fingerprint density at radius 1 is 1.00 bits per heavy atom. The average Bonchev–Trinajstić information content (AvgIpc) is 2.78. The second-order valence-electron chi connectivity index (χ2n) is 6.37. The van der Waals surface area contributed by atoms with E-state index in [2.05, 4.69) is 10.3 Å². The van der Waals surface area contributed by atoms with Gasteiger partial charge in [-0.1, -0.05) is 24.3 Å². The highest BCUT2D eigenvalue weighted by Crippen LogP contribution is 2.24. The zero-order valence-electron chi connectivity index (χ0n) is 16.9. The Kier molecular flexibility index (Phi) is 7.00. The van der Waals surface area contributed by atoms with Crippen LogP contribution in [-0.2, 0) is 4.79 Å². The second kappa shape index (κ2) is 10.1. The molecule has 2 amide bonds. The first-order valence-electron chi connectivity index (χ1n) is 9.51. The normalized spacial score (nSPS) is 10.2. The summed E-state index contributed by atoms with van der Waals surface area (Å²) in [7, 11) is 1.56. The highest BCUT2D eigenvalue weighted by atomic mass is 16.5. The molecule has 154 valence electrons. The van der Waals surface area contributed by atoms with Crippen LogP contribution in [0, 0.1) is 0 Å². The van der Waals surface area contributed by atoms with Gasteiger partial charge in [-0.15, -0.1) is 0 Å². The number of hydrogen-bond acceptors (Lipinski definition) is 5. The summed E-state index contributed by atoms with van der Waals surface area (Å²) in [5.41, 5.74) is 0.884. The number of nitrogens with zero attached hydrogens (tertiary/aromatic N) is 2. The smallest absolute Gasteiger partial charge is 0.259 e. The largest absolute Gasteiger partial charge is 0.497 e. The first kappa shape index (κ1) is 20.9. The molecule has 3 aromatic rings. The zero-order valence-corrected chi connectivity index (χ0v) is 16.9. The van der Waals surface area contributed by atoms with E-state index in [0.717, 1.165) is 0 Å². The van der Waals surface area contributed by atoms with Gasteiger partial charge in [0, 0.05) is 24.5 Å². The summed E-state index contributed by atoms with van der Waals surface area (Å²) in [5, 5.41) is 2.78. The van der Waals surface area contributed by atoms with Crippen LogP contribution in [0.1, 0.15) is 17.3 Å². The molecule has 0 aliphatic heterocycles. The predicted octanol–water partition coefficient (Wildman–Crippen LogP) is 3.98. The van der Waals surface area contributed by atoms with Crippen LogP contribution in [0.2, 0.25) is 0 Å². The van der Waals surface area contributed by atoms with Crippen LogP contribution in [0.5, 0.6) is 17.4 Å². The number of likely N-dealkylation sites (N-methyl/N-ethyl adjacent to an activating group) is 1. The number of ether oxygens (including phenoxy) is 2. The molecular formula is C23H23N3O4. The molecule has 0 radical (unpaired) electrons. The molecule has 0 saturated carbocycles. The van der Waals surface area contributed by atoms with Crippen LogP contribution in [0.15, 0.2) is 72.9 Å². The van der Waals surface area contributed by atoms with Crippen molar-refractivity contribution < 1.29 is 19.1 Å². The van der Waals surface area contributed by atoms with Gasteiger partial charge in [-0.05, 0) is 43.3 Å².